The van der Waals surface area contributed by atoms with Crippen molar-refractivity contribution in [2.75, 3.05) is 0 Å². The number of halogens is 3. The summed E-state index contributed by atoms with van der Waals surface area (Å²) in [7, 11) is 0. The fourth-order valence-electron chi connectivity index (χ4n) is 11.2. The third kappa shape index (κ3) is 12.3. The quantitative estimate of drug-likeness (QED) is 0.0474. The van der Waals surface area contributed by atoms with E-state index in [9.17, 15) is 80.3 Å². The molecule has 0 bridgehead atoms. The van der Waals surface area contributed by atoms with Gasteiger partial charge in [0.2, 0.25) is 0 Å². The van der Waals surface area contributed by atoms with Crippen LogP contribution in [0.25, 0.3) is 0 Å². The lowest BCUT2D eigenvalue weighted by molar-refractivity contribution is -0.173. The average molecular weight is 1370 g/mol. The number of carbonyl (C=O) groups excluding carboxylic acids is 14. The van der Waals surface area contributed by atoms with Crippen LogP contribution < -0.4 is 18.9 Å². The summed E-state index contributed by atoms with van der Waals surface area (Å²) in [4.78, 5) is 165. The van der Waals surface area contributed by atoms with E-state index in [-0.39, 0.29) is 106 Å². The van der Waals surface area contributed by atoms with Crippen molar-refractivity contribution in [1.29, 1.82) is 0 Å². The summed E-state index contributed by atoms with van der Waals surface area (Å²) in [6.07, 6.45) is -4.84. The Morgan fingerprint density at radius 1 is 0.267 bits per heavy atom. The van der Waals surface area contributed by atoms with Gasteiger partial charge in [-0.05, 0) is 175 Å². The molecule has 6 aliphatic heterocycles. The molecule has 0 aromatic heterocycles. The molecule has 0 radical (unpaired) electrons. The van der Waals surface area contributed by atoms with Crippen molar-refractivity contribution in [3.63, 3.8) is 0 Å². The zero-order chi connectivity index (χ0) is 71.7. The van der Waals surface area contributed by atoms with E-state index in [0.29, 0.717) is 23.0 Å². The number of carbonyl (C=O) groups is 14. The van der Waals surface area contributed by atoms with E-state index < -0.39 is 95.2 Å². The summed E-state index contributed by atoms with van der Waals surface area (Å²) in [5, 5.41) is 0. The molecule has 101 heavy (non-hydrogen) atoms. The van der Waals surface area contributed by atoms with Gasteiger partial charge in [0.15, 0.2) is 0 Å². The lowest BCUT2D eigenvalue weighted by Gasteiger charge is -2.33. The molecule has 0 N–H and O–H groups in total. The Kier molecular flexibility index (Phi) is 16.3. The van der Waals surface area contributed by atoms with E-state index in [2.05, 4.69) is 42.3 Å². The molecular weight excluding hydrogens is 1330 g/mol. The molecule has 0 unspecified atom stereocenters. The van der Waals surface area contributed by atoms with Crippen molar-refractivity contribution >= 4 is 83.6 Å². The minimum atomic E-state index is -4.84. The topological polar surface area (TPSA) is 331 Å². The highest BCUT2D eigenvalue weighted by atomic mass is 19.4. The van der Waals surface area contributed by atoms with Gasteiger partial charge >= 0.3 is 89.7 Å². The highest BCUT2D eigenvalue weighted by Gasteiger charge is 2.55. The molecule has 0 spiro atoms. The first-order valence-corrected chi connectivity index (χ1v) is 29.6. The van der Waals surface area contributed by atoms with Gasteiger partial charge in [-0.3, -0.25) is 0 Å². The van der Waals surface area contributed by atoms with E-state index in [1.54, 1.807) is 12.1 Å². The van der Waals surface area contributed by atoms with E-state index >= 15 is 0 Å². The first-order chi connectivity index (χ1) is 48.0. The number of rotatable bonds is 12. The lowest BCUT2D eigenvalue weighted by Crippen LogP contribution is -2.41. The molecule has 6 aliphatic rings. The predicted octanol–water partition coefficient (Wildman–Crippen LogP) is 12.1. The van der Waals surface area contributed by atoms with Crippen LogP contribution in [0.1, 0.15) is 188 Å². The van der Waals surface area contributed by atoms with Gasteiger partial charge in [-0.1, -0.05) is 50.2 Å². The number of alkyl halides is 3. The van der Waals surface area contributed by atoms with Crippen LogP contribution in [0.5, 0.6) is 34.5 Å². The smallest absolute Gasteiger partial charge is 0.402 e. The van der Waals surface area contributed by atoms with Crippen molar-refractivity contribution in [3.8, 4) is 34.5 Å². The maximum Gasteiger partial charge on any atom is 0.402 e. The zero-order valence-electron chi connectivity index (χ0n) is 51.8. The van der Waals surface area contributed by atoms with Gasteiger partial charge in [0.1, 0.15) is 39.9 Å². The first-order valence-electron chi connectivity index (χ1n) is 29.6. The van der Waals surface area contributed by atoms with E-state index in [4.69, 9.17) is 18.9 Å². The second-order valence-electron chi connectivity index (χ2n) is 23.3. The Balaban J connectivity index is 0.000000137. The third-order valence-electron chi connectivity index (χ3n) is 16.9. The number of esters is 14. The van der Waals surface area contributed by atoms with Gasteiger partial charge in [-0.2, -0.15) is 13.2 Å². The number of hydrogen-bond acceptors (Lipinski definition) is 24. The number of benzene rings is 9. The lowest BCUT2D eigenvalue weighted by atomic mass is 9.74. The van der Waals surface area contributed by atoms with Gasteiger partial charge in [0.05, 0.1) is 77.9 Å². The molecule has 0 fully saturated rings. The standard InChI is InChI=1S/C31H20O8.C24H10O10.C19H9F3O6/c1-31(2,17-3-7-19(8-4-17)36-21-11-13-23-25(15-21)29(34)38-27(23)32)18-5-9-20(10-6-18)37-22-12-14-24-26(16-22)30(35)39-28(24)33;25-19(11-1-7-15-17(9-11)23(29)33-21(15)27)31-13-3-5-14(6-4-13)32-20(26)12-2-8-16-18(10-12)24(30)34-22(16)28;1-18(19(20,21)22,8-2-4-10-12(6-8)16(25)27-14(10)23)9-3-5-11-13(7-9)17(26)28-15(11)24/h3-16H,1-2H3;1-10H;2-7H,1H3. The van der Waals surface area contributed by atoms with Crippen molar-refractivity contribution in [2.45, 2.75) is 37.8 Å². The van der Waals surface area contributed by atoms with Crippen molar-refractivity contribution < 1.29 is 128 Å². The molecule has 0 saturated carbocycles. The number of ether oxygens (including phenoxy) is 10. The van der Waals surface area contributed by atoms with Gasteiger partial charge in [-0.15, -0.1) is 0 Å². The minimum absolute atomic E-state index is 0.0223. The van der Waals surface area contributed by atoms with Gasteiger partial charge < -0.3 is 47.4 Å². The molecule has 9 aromatic rings. The molecular formula is C74H39F3O24. The summed E-state index contributed by atoms with van der Waals surface area (Å²) in [5.74, 6) is -9.12. The number of cyclic esters (lactones) is 12. The molecule has 0 aliphatic carbocycles. The molecule has 15 rings (SSSR count). The fraction of sp³-hybridized carbons (Fsp3) is 0.0811. The maximum absolute atomic E-state index is 14.2. The summed E-state index contributed by atoms with van der Waals surface area (Å²) in [6.45, 7) is 5.08. The Hall–Kier alpha value is -13.9. The van der Waals surface area contributed by atoms with Crippen molar-refractivity contribution in [3.05, 3.63) is 282 Å². The molecule has 24 nitrogen and oxygen atoms in total. The van der Waals surface area contributed by atoms with E-state index in [0.717, 1.165) is 54.4 Å². The predicted molar refractivity (Wildman–Crippen MR) is 331 cm³/mol. The Morgan fingerprint density at radius 3 is 0.792 bits per heavy atom. The Labute approximate surface area is 563 Å². The van der Waals surface area contributed by atoms with Crippen molar-refractivity contribution in [2.24, 2.45) is 0 Å². The number of fused-ring (bicyclic) bond motifs is 6. The second-order valence-corrected chi connectivity index (χ2v) is 23.3. The van der Waals surface area contributed by atoms with E-state index in [1.165, 1.54) is 84.9 Å². The molecule has 0 amide bonds. The van der Waals surface area contributed by atoms with Crippen LogP contribution in [-0.4, -0.2) is 89.7 Å². The summed E-state index contributed by atoms with van der Waals surface area (Å²) < 4.78 is 91.8. The van der Waals surface area contributed by atoms with Crippen LogP contribution >= 0.6 is 0 Å². The minimum Gasteiger partial charge on any atom is -0.457 e. The van der Waals surface area contributed by atoms with Gasteiger partial charge in [-0.25, -0.2) is 67.1 Å². The zero-order valence-corrected chi connectivity index (χ0v) is 51.8. The normalized spacial score (nSPS) is 14.4. The van der Waals surface area contributed by atoms with E-state index in [1.807, 2.05) is 48.5 Å². The second kappa shape index (κ2) is 25.0. The molecule has 0 saturated heterocycles. The average Bonchev–Trinajstić information content (AvgIpc) is 1.71. The molecule has 0 atom stereocenters. The monoisotopic (exact) mass is 1370 g/mol. The number of hydrogen-bond donors (Lipinski definition) is 0. The van der Waals surface area contributed by atoms with Crippen LogP contribution in [0.2, 0.25) is 0 Å². The fourth-order valence-corrected chi connectivity index (χ4v) is 11.2. The van der Waals surface area contributed by atoms with Crippen LogP contribution in [-0.2, 0) is 39.3 Å². The highest BCUT2D eigenvalue weighted by Crippen LogP contribution is 2.48. The first kappa shape index (κ1) is 65.8. The van der Waals surface area contributed by atoms with Crippen LogP contribution in [0.15, 0.2) is 182 Å². The molecule has 500 valence electrons. The Morgan fingerprint density at radius 2 is 0.495 bits per heavy atom. The third-order valence-corrected chi connectivity index (χ3v) is 16.9. The SMILES string of the molecule is CC(C)(c1ccc(Oc2ccc3c(c2)C(=O)OC3=O)cc1)c1ccc(Oc2ccc3c(c2)C(=O)OC3=O)cc1.CC(c1ccc2c(c1)C(=O)OC2=O)(c1ccc2c(c1)C(=O)OC2=O)C(F)(F)F.O=C(Oc1ccc(OC(=O)c2ccc3c(c2)C(=O)OC3=O)cc1)c1ccc2c(c1)C(=O)OC2=O. The molecule has 6 heterocycles. The van der Waals surface area contributed by atoms with Gasteiger partial charge in [0, 0.05) is 5.41 Å². The maximum atomic E-state index is 14.2. The van der Waals surface area contributed by atoms with Crippen LogP contribution in [0.4, 0.5) is 13.2 Å². The summed E-state index contributed by atoms with van der Waals surface area (Å²) in [5.41, 5.74) is -1.32. The Bertz CT molecular complexity index is 4940. The van der Waals surface area contributed by atoms with Gasteiger partial charge in [0.25, 0.3) is 0 Å². The summed E-state index contributed by atoms with van der Waals surface area (Å²) >= 11 is 0. The highest BCUT2D eigenvalue weighted by molar-refractivity contribution is 6.19. The molecule has 27 heteroatoms. The van der Waals surface area contributed by atoms with Crippen LogP contribution in [0, 0.1) is 0 Å². The summed E-state index contributed by atoms with van der Waals surface area (Å²) in [6, 6.07) is 43.9. The van der Waals surface area contributed by atoms with Crippen LogP contribution in [0.3, 0.4) is 0 Å². The molecule has 9 aromatic carbocycles. The van der Waals surface area contributed by atoms with Crippen molar-refractivity contribution in [1.82, 2.24) is 0 Å². The largest absolute Gasteiger partial charge is 0.457 e.